The molecule has 13 heavy (non-hydrogen) atoms. The first-order valence-electron chi connectivity index (χ1n) is 5.08. The molecule has 2 bridgehead atoms. The largest absolute Gasteiger partial charge is 0.395 e. The number of aliphatic hydroxyl groups is 2. The minimum absolute atomic E-state index is 0.0944. The molecule has 0 spiro atoms. The quantitative estimate of drug-likeness (QED) is 0.589. The lowest BCUT2D eigenvalue weighted by molar-refractivity contribution is 0.0436. The monoisotopic (exact) mass is 180 g/mol. The third kappa shape index (κ3) is 1.59. The Morgan fingerprint density at radius 1 is 1.38 bits per heavy atom. The zero-order valence-corrected chi connectivity index (χ0v) is 7.79. The van der Waals surface area contributed by atoms with Gasteiger partial charge in [0.1, 0.15) is 5.60 Å². The highest BCUT2D eigenvalue weighted by Crippen LogP contribution is 2.50. The molecule has 2 saturated carbocycles. The van der Waals surface area contributed by atoms with Crippen molar-refractivity contribution in [2.75, 3.05) is 6.61 Å². The highest BCUT2D eigenvalue weighted by Gasteiger charge is 2.48. The van der Waals surface area contributed by atoms with Gasteiger partial charge in [-0.1, -0.05) is 11.8 Å². The molecule has 0 aliphatic heterocycles. The van der Waals surface area contributed by atoms with Gasteiger partial charge in [-0.25, -0.2) is 0 Å². The predicted octanol–water partition coefficient (Wildman–Crippen LogP) is 0.923. The van der Waals surface area contributed by atoms with Gasteiger partial charge in [-0.2, -0.15) is 0 Å². The van der Waals surface area contributed by atoms with E-state index in [9.17, 15) is 5.11 Å². The number of hydrogen-bond donors (Lipinski definition) is 2. The van der Waals surface area contributed by atoms with Crippen LogP contribution < -0.4 is 0 Å². The maximum Gasteiger partial charge on any atom is 0.128 e. The van der Waals surface area contributed by atoms with Gasteiger partial charge in [0.05, 0.1) is 6.61 Å². The second-order valence-electron chi connectivity index (χ2n) is 4.28. The van der Waals surface area contributed by atoms with Crippen LogP contribution in [0.15, 0.2) is 0 Å². The van der Waals surface area contributed by atoms with Crippen LogP contribution in [0, 0.1) is 23.7 Å². The van der Waals surface area contributed by atoms with Gasteiger partial charge >= 0.3 is 0 Å². The summed E-state index contributed by atoms with van der Waals surface area (Å²) in [5.41, 5.74) is -0.710. The second kappa shape index (κ2) is 3.32. The van der Waals surface area contributed by atoms with E-state index >= 15 is 0 Å². The van der Waals surface area contributed by atoms with E-state index in [4.69, 9.17) is 5.11 Å². The van der Waals surface area contributed by atoms with Crippen LogP contribution in [-0.4, -0.2) is 22.4 Å². The van der Waals surface area contributed by atoms with Crippen molar-refractivity contribution in [3.63, 3.8) is 0 Å². The Morgan fingerprint density at radius 2 is 2.23 bits per heavy atom. The van der Waals surface area contributed by atoms with Gasteiger partial charge in [-0.3, -0.25) is 0 Å². The number of fused-ring (bicyclic) bond motifs is 2. The average molecular weight is 180 g/mol. The molecule has 0 saturated heterocycles. The molecule has 3 unspecified atom stereocenters. The molecule has 72 valence electrons. The Bertz CT molecular complexity index is 251. The molecular formula is C11H16O2. The topological polar surface area (TPSA) is 40.5 Å². The molecule has 0 heterocycles. The van der Waals surface area contributed by atoms with Crippen molar-refractivity contribution >= 4 is 0 Å². The molecule has 0 aromatic rings. The van der Waals surface area contributed by atoms with E-state index in [1.54, 1.807) is 0 Å². The molecule has 2 fully saturated rings. The van der Waals surface area contributed by atoms with Gasteiger partial charge < -0.3 is 10.2 Å². The van der Waals surface area contributed by atoms with E-state index in [0.29, 0.717) is 18.3 Å². The first-order valence-corrected chi connectivity index (χ1v) is 5.08. The fourth-order valence-corrected chi connectivity index (χ4v) is 2.73. The van der Waals surface area contributed by atoms with E-state index in [0.717, 1.165) is 19.3 Å². The molecule has 2 heteroatoms. The summed E-state index contributed by atoms with van der Waals surface area (Å²) in [7, 11) is 0. The number of aliphatic hydroxyl groups excluding tert-OH is 1. The standard InChI is InChI=1S/C11H16O2/c12-6-2-1-5-11(13)8-9-3-4-10(11)7-9/h9-10,12-13H,2-4,6-8H2. The van der Waals surface area contributed by atoms with Gasteiger partial charge in [-0.15, -0.1) is 0 Å². The molecule has 2 rings (SSSR count). The molecule has 2 aliphatic carbocycles. The van der Waals surface area contributed by atoms with Gasteiger partial charge in [0.25, 0.3) is 0 Å². The molecule has 3 atom stereocenters. The van der Waals surface area contributed by atoms with Crippen molar-refractivity contribution in [3.05, 3.63) is 0 Å². The minimum atomic E-state index is -0.710. The van der Waals surface area contributed by atoms with Crippen molar-refractivity contribution < 1.29 is 10.2 Å². The van der Waals surface area contributed by atoms with Gasteiger partial charge in [-0.05, 0) is 37.5 Å². The lowest BCUT2D eigenvalue weighted by atomic mass is 9.85. The molecular weight excluding hydrogens is 164 g/mol. The summed E-state index contributed by atoms with van der Waals surface area (Å²) in [6, 6.07) is 0. The summed E-state index contributed by atoms with van der Waals surface area (Å²) in [6.07, 6.45) is 4.91. The SMILES string of the molecule is OCCC#CC1(O)CC2CCC1C2. The van der Waals surface area contributed by atoms with Crippen LogP contribution in [-0.2, 0) is 0 Å². The molecule has 0 aromatic heterocycles. The Morgan fingerprint density at radius 3 is 2.77 bits per heavy atom. The fraction of sp³-hybridized carbons (Fsp3) is 0.818. The third-order valence-electron chi connectivity index (χ3n) is 3.36. The first kappa shape index (κ1) is 9.05. The zero-order valence-electron chi connectivity index (χ0n) is 7.79. The smallest absolute Gasteiger partial charge is 0.128 e. The van der Waals surface area contributed by atoms with Crippen LogP contribution in [0.5, 0.6) is 0 Å². The van der Waals surface area contributed by atoms with Crippen LogP contribution in [0.25, 0.3) is 0 Å². The normalized spacial score (nSPS) is 41.7. The zero-order chi connectivity index (χ0) is 9.31. The van der Waals surface area contributed by atoms with Crippen molar-refractivity contribution in [2.45, 2.75) is 37.7 Å². The fourth-order valence-electron chi connectivity index (χ4n) is 2.73. The summed E-state index contributed by atoms with van der Waals surface area (Å²) in [5.74, 6) is 6.90. The van der Waals surface area contributed by atoms with Crippen LogP contribution in [0.3, 0.4) is 0 Å². The Hall–Kier alpha value is -0.520. The van der Waals surface area contributed by atoms with Gasteiger partial charge in [0, 0.05) is 6.42 Å². The molecule has 0 amide bonds. The number of hydrogen-bond acceptors (Lipinski definition) is 2. The van der Waals surface area contributed by atoms with Crippen molar-refractivity contribution in [1.82, 2.24) is 0 Å². The summed E-state index contributed by atoms with van der Waals surface area (Å²) in [6.45, 7) is 0.0944. The summed E-state index contributed by atoms with van der Waals surface area (Å²) < 4.78 is 0. The second-order valence-corrected chi connectivity index (χ2v) is 4.28. The van der Waals surface area contributed by atoms with E-state index in [1.165, 1.54) is 6.42 Å². The molecule has 2 N–H and O–H groups in total. The maximum atomic E-state index is 10.2. The maximum absolute atomic E-state index is 10.2. The Kier molecular flexibility index (Phi) is 2.31. The molecule has 2 aliphatic rings. The summed E-state index contributed by atoms with van der Waals surface area (Å²) in [5, 5.41) is 18.7. The van der Waals surface area contributed by atoms with Gasteiger partial charge in [0.15, 0.2) is 0 Å². The Labute approximate surface area is 79.0 Å². The van der Waals surface area contributed by atoms with Crippen molar-refractivity contribution in [1.29, 1.82) is 0 Å². The molecule has 0 radical (unpaired) electrons. The van der Waals surface area contributed by atoms with Crippen molar-refractivity contribution in [3.8, 4) is 11.8 Å². The van der Waals surface area contributed by atoms with Crippen LogP contribution in [0.2, 0.25) is 0 Å². The molecule has 0 aromatic carbocycles. The van der Waals surface area contributed by atoms with Gasteiger partial charge in [0.2, 0.25) is 0 Å². The van der Waals surface area contributed by atoms with Crippen LogP contribution in [0.1, 0.15) is 32.1 Å². The lowest BCUT2D eigenvalue weighted by Crippen LogP contribution is -2.33. The van der Waals surface area contributed by atoms with E-state index in [1.807, 2.05) is 0 Å². The predicted molar refractivity (Wildman–Crippen MR) is 49.9 cm³/mol. The van der Waals surface area contributed by atoms with E-state index in [2.05, 4.69) is 11.8 Å². The molecule has 2 nitrogen and oxygen atoms in total. The minimum Gasteiger partial charge on any atom is -0.395 e. The highest BCUT2D eigenvalue weighted by atomic mass is 16.3. The van der Waals surface area contributed by atoms with E-state index < -0.39 is 5.60 Å². The van der Waals surface area contributed by atoms with Crippen molar-refractivity contribution in [2.24, 2.45) is 11.8 Å². The Balaban J connectivity index is 2.02. The average Bonchev–Trinajstić information content (AvgIpc) is 2.64. The summed E-state index contributed by atoms with van der Waals surface area (Å²) in [4.78, 5) is 0. The lowest BCUT2D eigenvalue weighted by Gasteiger charge is -2.26. The summed E-state index contributed by atoms with van der Waals surface area (Å²) >= 11 is 0. The highest BCUT2D eigenvalue weighted by molar-refractivity contribution is 5.21. The third-order valence-corrected chi connectivity index (χ3v) is 3.36. The number of rotatable bonds is 1. The van der Waals surface area contributed by atoms with Crippen LogP contribution in [0.4, 0.5) is 0 Å². The van der Waals surface area contributed by atoms with E-state index in [-0.39, 0.29) is 6.61 Å². The first-order chi connectivity index (χ1) is 6.24. The van der Waals surface area contributed by atoms with Crippen LogP contribution >= 0.6 is 0 Å².